The van der Waals surface area contributed by atoms with E-state index in [-0.39, 0.29) is 6.54 Å². The number of amides is 2. The summed E-state index contributed by atoms with van der Waals surface area (Å²) in [5, 5.41) is 14.7. The van der Waals surface area contributed by atoms with Gasteiger partial charge in [0.15, 0.2) is 0 Å². The van der Waals surface area contributed by atoms with Gasteiger partial charge in [0, 0.05) is 10.6 Å². The zero-order valence-electron chi connectivity index (χ0n) is 11.3. The molecular weight excluding hydrogens is 314 g/mol. The van der Waals surface area contributed by atoms with Crippen LogP contribution in [0.15, 0.2) is 52.0 Å². The Labute approximate surface area is 129 Å². The molecule has 0 fully saturated rings. The van der Waals surface area contributed by atoms with E-state index >= 15 is 0 Å². The van der Waals surface area contributed by atoms with Crippen molar-refractivity contribution in [2.24, 2.45) is 0 Å². The van der Waals surface area contributed by atoms with Crippen LogP contribution in [0.1, 0.15) is 11.9 Å². The third-order valence-corrected chi connectivity index (χ3v) is 3.35. The molecule has 2 amide bonds. The van der Waals surface area contributed by atoms with Gasteiger partial charge in [-0.1, -0.05) is 17.8 Å². The molecule has 0 aliphatic rings. The lowest BCUT2D eigenvalue weighted by molar-refractivity contribution is 0.149. The van der Waals surface area contributed by atoms with Crippen LogP contribution in [-0.2, 0) is 0 Å². The van der Waals surface area contributed by atoms with Crippen molar-refractivity contribution in [2.45, 2.75) is 16.8 Å². The van der Waals surface area contributed by atoms with Gasteiger partial charge in [-0.05, 0) is 30.3 Å². The normalized spacial score (nSPS) is 12.2. The summed E-state index contributed by atoms with van der Waals surface area (Å²) >= 11 is 0.399. The van der Waals surface area contributed by atoms with Crippen LogP contribution in [0.3, 0.4) is 0 Å². The van der Waals surface area contributed by atoms with E-state index in [9.17, 15) is 18.7 Å². The standard InChI is InChI=1S/C14H14F2N2O3S/c15-13(16)22-10-4-1-3-9(7-10)18-14(20)17-8-11(19)12-5-2-6-21-12/h1-7,11,13,19H,8H2,(H2,17,18,20). The summed E-state index contributed by atoms with van der Waals surface area (Å²) in [5.74, 6) is -2.18. The number of aliphatic hydroxyl groups is 1. The van der Waals surface area contributed by atoms with Gasteiger partial charge in [0.1, 0.15) is 11.9 Å². The van der Waals surface area contributed by atoms with E-state index in [1.165, 1.54) is 18.4 Å². The molecule has 0 aliphatic heterocycles. The number of hydrogen-bond donors (Lipinski definition) is 3. The zero-order chi connectivity index (χ0) is 15.9. The number of benzene rings is 1. The molecule has 1 aromatic carbocycles. The summed E-state index contributed by atoms with van der Waals surface area (Å²) in [7, 11) is 0. The van der Waals surface area contributed by atoms with Crippen LogP contribution in [0, 0.1) is 0 Å². The SMILES string of the molecule is O=C(NCC(O)c1ccco1)Nc1cccc(SC(F)F)c1. The van der Waals surface area contributed by atoms with Gasteiger partial charge in [0.25, 0.3) is 5.76 Å². The quantitative estimate of drug-likeness (QED) is 0.710. The number of halogens is 2. The lowest BCUT2D eigenvalue weighted by Gasteiger charge is -2.11. The van der Waals surface area contributed by atoms with E-state index < -0.39 is 17.9 Å². The summed E-state index contributed by atoms with van der Waals surface area (Å²) in [5.41, 5.74) is 0.385. The van der Waals surface area contributed by atoms with Gasteiger partial charge >= 0.3 is 6.03 Å². The molecule has 5 nitrogen and oxygen atoms in total. The average molecular weight is 328 g/mol. The van der Waals surface area contributed by atoms with Gasteiger partial charge in [0.05, 0.1) is 12.8 Å². The van der Waals surface area contributed by atoms with Gasteiger partial charge < -0.3 is 20.2 Å². The number of urea groups is 1. The first-order valence-electron chi connectivity index (χ1n) is 6.36. The Hall–Kier alpha value is -2.06. The monoisotopic (exact) mass is 328 g/mol. The van der Waals surface area contributed by atoms with Crippen LogP contribution in [0.25, 0.3) is 0 Å². The van der Waals surface area contributed by atoms with Crippen molar-refractivity contribution in [3.63, 3.8) is 0 Å². The molecule has 2 rings (SSSR count). The Kier molecular flexibility index (Phi) is 5.79. The summed E-state index contributed by atoms with van der Waals surface area (Å²) in [6, 6.07) is 8.79. The molecule has 0 spiro atoms. The lowest BCUT2D eigenvalue weighted by atomic mass is 10.3. The molecule has 1 atom stereocenters. The topological polar surface area (TPSA) is 74.5 Å². The summed E-state index contributed by atoms with van der Waals surface area (Å²) in [4.78, 5) is 12.1. The van der Waals surface area contributed by atoms with Crippen LogP contribution in [-0.4, -0.2) is 23.4 Å². The van der Waals surface area contributed by atoms with Crippen molar-refractivity contribution in [3.05, 3.63) is 48.4 Å². The van der Waals surface area contributed by atoms with E-state index in [0.29, 0.717) is 28.1 Å². The molecule has 8 heteroatoms. The first kappa shape index (κ1) is 16.3. The van der Waals surface area contributed by atoms with Gasteiger partial charge in [0.2, 0.25) is 0 Å². The second-order valence-electron chi connectivity index (χ2n) is 4.27. The number of thioether (sulfide) groups is 1. The number of rotatable bonds is 6. The summed E-state index contributed by atoms with van der Waals surface area (Å²) < 4.78 is 29.6. The van der Waals surface area contributed by atoms with Crippen molar-refractivity contribution in [1.82, 2.24) is 5.32 Å². The maximum atomic E-state index is 12.3. The molecule has 0 aliphatic carbocycles. The number of anilines is 1. The number of nitrogens with one attached hydrogen (secondary N) is 2. The Morgan fingerprint density at radius 3 is 2.82 bits per heavy atom. The van der Waals surface area contributed by atoms with Crippen LogP contribution in [0.4, 0.5) is 19.3 Å². The van der Waals surface area contributed by atoms with Crippen LogP contribution < -0.4 is 10.6 Å². The minimum Gasteiger partial charge on any atom is -0.467 e. The molecule has 22 heavy (non-hydrogen) atoms. The van der Waals surface area contributed by atoms with Crippen molar-refractivity contribution in [2.75, 3.05) is 11.9 Å². The van der Waals surface area contributed by atoms with E-state index in [0.717, 1.165) is 0 Å². The molecule has 2 aromatic rings. The molecule has 0 saturated carbocycles. The fraction of sp³-hybridized carbons (Fsp3) is 0.214. The number of carbonyl (C=O) groups is 1. The van der Waals surface area contributed by atoms with Crippen molar-refractivity contribution < 1.29 is 23.1 Å². The summed E-state index contributed by atoms with van der Waals surface area (Å²) in [6.45, 7) is -0.0369. The second kappa shape index (κ2) is 7.81. The van der Waals surface area contributed by atoms with Crippen LogP contribution in [0.5, 0.6) is 0 Å². The molecule has 0 bridgehead atoms. The van der Waals surface area contributed by atoms with Crippen molar-refractivity contribution >= 4 is 23.5 Å². The van der Waals surface area contributed by atoms with E-state index in [4.69, 9.17) is 4.42 Å². The fourth-order valence-corrected chi connectivity index (χ4v) is 2.25. The van der Waals surface area contributed by atoms with E-state index in [2.05, 4.69) is 10.6 Å². The zero-order valence-corrected chi connectivity index (χ0v) is 12.1. The second-order valence-corrected chi connectivity index (χ2v) is 5.34. The van der Waals surface area contributed by atoms with Crippen molar-refractivity contribution in [3.8, 4) is 0 Å². The number of alkyl halides is 2. The van der Waals surface area contributed by atoms with Crippen molar-refractivity contribution in [1.29, 1.82) is 0 Å². The average Bonchev–Trinajstić information content (AvgIpc) is 2.98. The third-order valence-electron chi connectivity index (χ3n) is 2.64. The number of carbonyl (C=O) groups excluding carboxylic acids is 1. The predicted octanol–water partition coefficient (Wildman–Crippen LogP) is 3.45. The number of furan rings is 1. The molecule has 118 valence electrons. The summed E-state index contributed by atoms with van der Waals surface area (Å²) in [6.07, 6.45) is 0.464. The van der Waals surface area contributed by atoms with Gasteiger partial charge in [-0.2, -0.15) is 8.78 Å². The highest BCUT2D eigenvalue weighted by molar-refractivity contribution is 7.99. The Bertz CT molecular complexity index is 608. The molecule has 0 saturated heterocycles. The first-order chi connectivity index (χ1) is 10.5. The molecule has 1 unspecified atom stereocenters. The van der Waals surface area contributed by atoms with Crippen LogP contribution in [0.2, 0.25) is 0 Å². The minimum absolute atomic E-state index is 0.0369. The number of aliphatic hydroxyl groups excluding tert-OH is 1. The molecule has 1 heterocycles. The molecular formula is C14H14F2N2O3S. The maximum Gasteiger partial charge on any atom is 0.319 e. The Morgan fingerprint density at radius 1 is 1.32 bits per heavy atom. The van der Waals surface area contributed by atoms with E-state index in [1.54, 1.807) is 24.3 Å². The largest absolute Gasteiger partial charge is 0.467 e. The van der Waals surface area contributed by atoms with Crippen LogP contribution >= 0.6 is 11.8 Å². The predicted molar refractivity (Wildman–Crippen MR) is 79.0 cm³/mol. The molecule has 1 aromatic heterocycles. The van der Waals surface area contributed by atoms with E-state index in [1.807, 2.05) is 0 Å². The minimum atomic E-state index is -2.52. The highest BCUT2D eigenvalue weighted by Gasteiger charge is 2.12. The maximum absolute atomic E-state index is 12.3. The third kappa shape index (κ3) is 5.05. The van der Waals surface area contributed by atoms with Gasteiger partial charge in [-0.15, -0.1) is 0 Å². The number of hydrogen-bond acceptors (Lipinski definition) is 4. The molecule has 0 radical (unpaired) electrons. The lowest BCUT2D eigenvalue weighted by Crippen LogP contribution is -2.32. The fourth-order valence-electron chi connectivity index (χ4n) is 1.70. The smallest absolute Gasteiger partial charge is 0.319 e. The highest BCUT2D eigenvalue weighted by atomic mass is 32.2. The molecule has 3 N–H and O–H groups in total. The Morgan fingerprint density at radius 2 is 2.14 bits per heavy atom. The van der Waals surface area contributed by atoms with Gasteiger partial charge in [-0.25, -0.2) is 4.79 Å². The van der Waals surface area contributed by atoms with Gasteiger partial charge in [-0.3, -0.25) is 0 Å². The highest BCUT2D eigenvalue weighted by Crippen LogP contribution is 2.27. The Balaban J connectivity index is 1.84. The first-order valence-corrected chi connectivity index (χ1v) is 7.24.